The van der Waals surface area contributed by atoms with Crippen LogP contribution in [0.2, 0.25) is 0 Å². The minimum Gasteiger partial charge on any atom is -0.490 e. The highest BCUT2D eigenvalue weighted by Gasteiger charge is 2.12. The summed E-state index contributed by atoms with van der Waals surface area (Å²) < 4.78 is 12.5. The number of carbonyl (C=O) groups excluding carboxylic acids is 1. The first-order chi connectivity index (χ1) is 13.2. The summed E-state index contributed by atoms with van der Waals surface area (Å²) >= 11 is 1.62. The second-order valence-electron chi connectivity index (χ2n) is 6.36. The Balaban J connectivity index is 1.42. The number of carbonyl (C=O) groups is 1. The van der Waals surface area contributed by atoms with Gasteiger partial charge in [0.2, 0.25) is 5.91 Å². The quantitative estimate of drug-likeness (QED) is 0.639. The number of amides is 1. The SMILES string of the molecule is CN(Cc1nc2ccccc2s1)C(=O)C=Cc1ccc2c(c1)OCCCO2. The van der Waals surface area contributed by atoms with E-state index in [9.17, 15) is 4.79 Å². The average Bonchev–Trinajstić information content (AvgIpc) is 2.94. The Morgan fingerprint density at radius 2 is 2.00 bits per heavy atom. The fourth-order valence-corrected chi connectivity index (χ4v) is 3.87. The number of rotatable bonds is 4. The smallest absolute Gasteiger partial charge is 0.246 e. The molecule has 0 N–H and O–H groups in total. The Morgan fingerprint density at radius 1 is 1.19 bits per heavy atom. The van der Waals surface area contributed by atoms with Gasteiger partial charge >= 0.3 is 0 Å². The van der Waals surface area contributed by atoms with Crippen LogP contribution < -0.4 is 9.47 Å². The number of fused-ring (bicyclic) bond motifs is 2. The van der Waals surface area contributed by atoms with Crippen LogP contribution in [0, 0.1) is 0 Å². The number of benzene rings is 2. The Hall–Kier alpha value is -2.86. The Kier molecular flexibility index (Phi) is 5.07. The van der Waals surface area contributed by atoms with E-state index in [2.05, 4.69) is 4.98 Å². The van der Waals surface area contributed by atoms with Gasteiger partial charge in [-0.05, 0) is 35.9 Å². The molecule has 0 bridgehead atoms. The zero-order valence-corrected chi connectivity index (χ0v) is 15.9. The second-order valence-corrected chi connectivity index (χ2v) is 7.47. The van der Waals surface area contributed by atoms with E-state index in [1.54, 1.807) is 35.4 Å². The first kappa shape index (κ1) is 17.5. The maximum atomic E-state index is 12.4. The number of ether oxygens (including phenoxy) is 2. The second kappa shape index (κ2) is 7.80. The highest BCUT2D eigenvalue weighted by molar-refractivity contribution is 7.18. The van der Waals surface area contributed by atoms with Gasteiger partial charge in [-0.2, -0.15) is 0 Å². The Morgan fingerprint density at radius 3 is 2.85 bits per heavy atom. The lowest BCUT2D eigenvalue weighted by Crippen LogP contribution is -2.23. The summed E-state index contributed by atoms with van der Waals surface area (Å²) in [6.07, 6.45) is 4.24. The van der Waals surface area contributed by atoms with Crippen LogP contribution in [0.25, 0.3) is 16.3 Å². The summed E-state index contributed by atoms with van der Waals surface area (Å²) in [7, 11) is 1.78. The van der Waals surface area contributed by atoms with Gasteiger partial charge in [-0.1, -0.05) is 18.2 Å². The van der Waals surface area contributed by atoms with E-state index < -0.39 is 0 Å². The predicted molar refractivity (Wildman–Crippen MR) is 107 cm³/mol. The molecular formula is C21H20N2O3S. The van der Waals surface area contributed by atoms with Gasteiger partial charge in [0.05, 0.1) is 30.0 Å². The van der Waals surface area contributed by atoms with E-state index in [0.717, 1.165) is 38.7 Å². The van der Waals surface area contributed by atoms with Crippen molar-refractivity contribution in [2.75, 3.05) is 20.3 Å². The lowest BCUT2D eigenvalue weighted by atomic mass is 10.2. The van der Waals surface area contributed by atoms with Crippen molar-refractivity contribution in [3.8, 4) is 11.5 Å². The molecular weight excluding hydrogens is 360 g/mol. The molecule has 27 heavy (non-hydrogen) atoms. The Bertz CT molecular complexity index is 963. The average molecular weight is 380 g/mol. The molecule has 1 aliphatic heterocycles. The number of thiazole rings is 1. The standard InChI is InChI=1S/C21H20N2O3S/c1-23(14-20-22-16-5-2-3-6-19(16)27-20)21(24)10-8-15-7-9-17-18(13-15)26-12-4-11-25-17/h2-3,5-10,13H,4,11-12,14H2,1H3. The monoisotopic (exact) mass is 380 g/mol. The largest absolute Gasteiger partial charge is 0.490 e. The summed E-state index contributed by atoms with van der Waals surface area (Å²) in [5.74, 6) is 1.41. The summed E-state index contributed by atoms with van der Waals surface area (Å²) in [6.45, 7) is 1.80. The lowest BCUT2D eigenvalue weighted by molar-refractivity contribution is -0.125. The zero-order chi connectivity index (χ0) is 18.6. The molecule has 0 unspecified atom stereocenters. The van der Waals surface area contributed by atoms with Gasteiger partial charge in [-0.25, -0.2) is 4.98 Å². The number of nitrogens with zero attached hydrogens (tertiary/aromatic N) is 2. The molecule has 0 saturated heterocycles. The molecule has 6 heteroatoms. The third-order valence-electron chi connectivity index (χ3n) is 4.28. The van der Waals surface area contributed by atoms with Crippen molar-refractivity contribution < 1.29 is 14.3 Å². The minimum absolute atomic E-state index is 0.0682. The molecule has 0 spiro atoms. The van der Waals surface area contributed by atoms with Gasteiger partial charge in [0, 0.05) is 19.5 Å². The van der Waals surface area contributed by atoms with Crippen LogP contribution in [-0.4, -0.2) is 36.1 Å². The molecule has 0 saturated carbocycles. The summed E-state index contributed by atoms with van der Waals surface area (Å²) in [4.78, 5) is 18.7. The third kappa shape index (κ3) is 4.11. The van der Waals surface area contributed by atoms with E-state index in [-0.39, 0.29) is 5.91 Å². The number of hydrogen-bond donors (Lipinski definition) is 0. The zero-order valence-electron chi connectivity index (χ0n) is 15.1. The normalized spacial score (nSPS) is 13.7. The molecule has 1 aromatic heterocycles. The van der Waals surface area contributed by atoms with E-state index in [4.69, 9.17) is 9.47 Å². The number of para-hydroxylation sites is 1. The summed E-state index contributed by atoms with van der Waals surface area (Å²) in [5, 5.41) is 0.927. The highest BCUT2D eigenvalue weighted by Crippen LogP contribution is 2.30. The van der Waals surface area contributed by atoms with Gasteiger partial charge in [0.15, 0.2) is 11.5 Å². The van der Waals surface area contributed by atoms with Crippen molar-refractivity contribution in [2.24, 2.45) is 0 Å². The van der Waals surface area contributed by atoms with Crippen LogP contribution in [0.15, 0.2) is 48.5 Å². The molecule has 2 heterocycles. The minimum atomic E-state index is -0.0682. The lowest BCUT2D eigenvalue weighted by Gasteiger charge is -2.13. The summed E-state index contributed by atoms with van der Waals surface area (Å²) in [6, 6.07) is 13.7. The molecule has 0 aliphatic carbocycles. The number of likely N-dealkylation sites (N-methyl/N-ethyl adjacent to an activating group) is 1. The fraction of sp³-hybridized carbons (Fsp3) is 0.238. The molecule has 0 radical (unpaired) electrons. The van der Waals surface area contributed by atoms with Crippen LogP contribution >= 0.6 is 11.3 Å². The first-order valence-corrected chi connectivity index (χ1v) is 9.68. The van der Waals surface area contributed by atoms with Crippen molar-refractivity contribution in [3.63, 3.8) is 0 Å². The molecule has 5 nitrogen and oxygen atoms in total. The molecule has 0 fully saturated rings. The van der Waals surface area contributed by atoms with Crippen molar-refractivity contribution in [1.82, 2.24) is 9.88 Å². The van der Waals surface area contributed by atoms with Gasteiger partial charge in [-0.15, -0.1) is 11.3 Å². The topological polar surface area (TPSA) is 51.7 Å². The van der Waals surface area contributed by atoms with Crippen molar-refractivity contribution >= 4 is 33.5 Å². The van der Waals surface area contributed by atoms with Crippen LogP contribution in [0.3, 0.4) is 0 Å². The van der Waals surface area contributed by atoms with Crippen LogP contribution in [-0.2, 0) is 11.3 Å². The predicted octanol–water partition coefficient (Wildman–Crippen LogP) is 4.13. The maximum absolute atomic E-state index is 12.4. The van der Waals surface area contributed by atoms with E-state index >= 15 is 0 Å². The van der Waals surface area contributed by atoms with Crippen LogP contribution in [0.4, 0.5) is 0 Å². The Labute approximate surface area is 161 Å². The van der Waals surface area contributed by atoms with E-state index in [0.29, 0.717) is 19.8 Å². The molecule has 1 aliphatic rings. The third-order valence-corrected chi connectivity index (χ3v) is 5.30. The van der Waals surface area contributed by atoms with E-state index in [1.807, 2.05) is 42.5 Å². The van der Waals surface area contributed by atoms with Crippen molar-refractivity contribution in [2.45, 2.75) is 13.0 Å². The van der Waals surface area contributed by atoms with Crippen LogP contribution in [0.1, 0.15) is 17.0 Å². The van der Waals surface area contributed by atoms with Crippen molar-refractivity contribution in [3.05, 3.63) is 59.1 Å². The molecule has 138 valence electrons. The molecule has 2 aromatic carbocycles. The molecule has 0 atom stereocenters. The summed E-state index contributed by atoms with van der Waals surface area (Å²) in [5.41, 5.74) is 1.88. The highest BCUT2D eigenvalue weighted by atomic mass is 32.1. The maximum Gasteiger partial charge on any atom is 0.246 e. The van der Waals surface area contributed by atoms with Gasteiger partial charge in [0.25, 0.3) is 0 Å². The van der Waals surface area contributed by atoms with Gasteiger partial charge in [0.1, 0.15) is 5.01 Å². The molecule has 3 aromatic rings. The van der Waals surface area contributed by atoms with Gasteiger partial charge < -0.3 is 14.4 Å². The van der Waals surface area contributed by atoms with E-state index in [1.165, 1.54) is 0 Å². The van der Waals surface area contributed by atoms with Gasteiger partial charge in [-0.3, -0.25) is 4.79 Å². The van der Waals surface area contributed by atoms with Crippen molar-refractivity contribution in [1.29, 1.82) is 0 Å². The number of hydrogen-bond acceptors (Lipinski definition) is 5. The number of aromatic nitrogens is 1. The van der Waals surface area contributed by atoms with Crippen LogP contribution in [0.5, 0.6) is 11.5 Å². The fourth-order valence-electron chi connectivity index (χ4n) is 2.85. The first-order valence-electron chi connectivity index (χ1n) is 8.86. The molecule has 4 rings (SSSR count). The molecule has 1 amide bonds.